The smallest absolute Gasteiger partial charge is 0.216 e. The number of pyridine rings is 1. The zero-order chi connectivity index (χ0) is 18.5. The Balaban J connectivity index is 1.79. The van der Waals surface area contributed by atoms with Gasteiger partial charge in [-0.1, -0.05) is 18.6 Å². The molecule has 2 heterocycles. The van der Waals surface area contributed by atoms with Crippen LogP contribution in [0.2, 0.25) is 0 Å². The molecule has 1 aromatic carbocycles. The third-order valence-electron chi connectivity index (χ3n) is 5.43. The maximum atomic E-state index is 7.63. The van der Waals surface area contributed by atoms with E-state index in [-0.39, 0.29) is 5.60 Å². The molecule has 1 aliphatic heterocycles. The molecule has 1 fully saturated rings. The van der Waals surface area contributed by atoms with E-state index in [4.69, 9.17) is 8.85 Å². The first-order valence-electron chi connectivity index (χ1n) is 10.1. The fourth-order valence-electron chi connectivity index (χ4n) is 4.24. The van der Waals surface area contributed by atoms with Gasteiger partial charge in [0.05, 0.1) is 5.56 Å². The number of fused-ring (bicyclic) bond motifs is 1. The first-order valence-corrected chi connectivity index (χ1v) is 8.61. The standard InChI is InChI=1S/C21H26NO/c1-15-7-10-18(22(3)14-15)19-16(2)8-9-17-13-21(23-20(17)19)11-5-4-6-12-21/h7-10,14H,4-6,11-13H2,1-3H3/q+1/i1D3. The molecule has 1 saturated carbocycles. The molecule has 4 rings (SSSR count). The second-order valence-electron chi connectivity index (χ2n) is 7.18. The van der Waals surface area contributed by atoms with Crippen molar-refractivity contribution < 1.29 is 13.4 Å². The van der Waals surface area contributed by atoms with E-state index in [0.29, 0.717) is 5.56 Å². The molecule has 2 aromatic rings. The van der Waals surface area contributed by atoms with Crippen LogP contribution in [0.3, 0.4) is 0 Å². The minimum atomic E-state index is -2.09. The molecule has 0 N–H and O–H groups in total. The Morgan fingerprint density at radius 2 is 1.96 bits per heavy atom. The van der Waals surface area contributed by atoms with Crippen LogP contribution in [0.25, 0.3) is 11.3 Å². The minimum Gasteiger partial charge on any atom is -0.486 e. The fraction of sp³-hybridized carbons (Fsp3) is 0.476. The lowest BCUT2D eigenvalue weighted by atomic mass is 9.82. The van der Waals surface area contributed by atoms with E-state index in [2.05, 4.69) is 19.1 Å². The van der Waals surface area contributed by atoms with Crippen molar-refractivity contribution in [3.63, 3.8) is 0 Å². The number of hydrogen-bond acceptors (Lipinski definition) is 1. The van der Waals surface area contributed by atoms with Crippen molar-refractivity contribution in [2.24, 2.45) is 7.05 Å². The third kappa shape index (κ3) is 2.45. The van der Waals surface area contributed by atoms with Gasteiger partial charge < -0.3 is 4.74 Å². The van der Waals surface area contributed by atoms with Gasteiger partial charge in [-0.2, -0.15) is 0 Å². The van der Waals surface area contributed by atoms with E-state index < -0.39 is 6.85 Å². The van der Waals surface area contributed by atoms with Crippen LogP contribution in [-0.4, -0.2) is 5.60 Å². The molecule has 1 aliphatic carbocycles. The molecule has 120 valence electrons. The first kappa shape index (κ1) is 11.7. The number of aromatic nitrogens is 1. The van der Waals surface area contributed by atoms with Gasteiger partial charge in [0.25, 0.3) is 0 Å². The van der Waals surface area contributed by atoms with Gasteiger partial charge in [-0.3, -0.25) is 0 Å². The van der Waals surface area contributed by atoms with Crippen molar-refractivity contribution in [1.29, 1.82) is 0 Å². The van der Waals surface area contributed by atoms with Gasteiger partial charge in [-0.25, -0.2) is 4.57 Å². The summed E-state index contributed by atoms with van der Waals surface area (Å²) in [4.78, 5) is 0. The monoisotopic (exact) mass is 311 g/mol. The number of hydrogen-bond donors (Lipinski definition) is 0. The number of nitrogens with zero attached hydrogens (tertiary/aromatic N) is 1. The van der Waals surface area contributed by atoms with Crippen LogP contribution in [0, 0.1) is 13.8 Å². The second-order valence-corrected chi connectivity index (χ2v) is 7.18. The summed E-state index contributed by atoms with van der Waals surface area (Å²) in [6.07, 6.45) is 8.75. The second kappa shape index (κ2) is 5.36. The zero-order valence-electron chi connectivity index (χ0n) is 17.0. The van der Waals surface area contributed by atoms with Crippen LogP contribution in [-0.2, 0) is 13.5 Å². The van der Waals surface area contributed by atoms with Crippen molar-refractivity contribution in [2.75, 3.05) is 0 Å². The quantitative estimate of drug-likeness (QED) is 0.710. The van der Waals surface area contributed by atoms with Crippen molar-refractivity contribution in [3.05, 3.63) is 47.2 Å². The van der Waals surface area contributed by atoms with Gasteiger partial charge in [0, 0.05) is 22.2 Å². The molecule has 0 saturated heterocycles. The summed E-state index contributed by atoms with van der Waals surface area (Å²) in [6.45, 7) is 0.00906. The number of aryl methyl sites for hydroxylation is 3. The predicted molar refractivity (Wildman–Crippen MR) is 92.7 cm³/mol. The van der Waals surface area contributed by atoms with Gasteiger partial charge in [-0.05, 0) is 56.7 Å². The molecule has 0 radical (unpaired) electrons. The molecule has 0 atom stereocenters. The lowest BCUT2D eigenvalue weighted by Crippen LogP contribution is -2.36. The van der Waals surface area contributed by atoms with Crippen LogP contribution in [0.5, 0.6) is 5.75 Å². The van der Waals surface area contributed by atoms with E-state index in [1.165, 1.54) is 24.8 Å². The van der Waals surface area contributed by atoms with Crippen molar-refractivity contribution in [2.45, 2.75) is 57.9 Å². The molecule has 2 nitrogen and oxygen atoms in total. The number of ether oxygens (including phenoxy) is 1. The highest BCUT2D eigenvalue weighted by atomic mass is 16.5. The molecule has 0 amide bonds. The average molecular weight is 311 g/mol. The fourth-order valence-corrected chi connectivity index (χ4v) is 4.24. The summed E-state index contributed by atoms with van der Waals surface area (Å²) in [7, 11) is 1.91. The predicted octanol–water partition coefficient (Wildman–Crippen LogP) is 4.43. The molecule has 1 aromatic heterocycles. The van der Waals surface area contributed by atoms with Crippen molar-refractivity contribution in [3.8, 4) is 17.0 Å². The highest BCUT2D eigenvalue weighted by Crippen LogP contribution is 2.48. The minimum absolute atomic E-state index is 0.0275. The maximum Gasteiger partial charge on any atom is 0.216 e. The normalized spacial score (nSPS) is 21.2. The van der Waals surface area contributed by atoms with Crippen LogP contribution in [0.4, 0.5) is 0 Å². The van der Waals surface area contributed by atoms with Gasteiger partial charge in [-0.15, -0.1) is 0 Å². The summed E-state index contributed by atoms with van der Waals surface area (Å²) < 4.78 is 31.4. The molecule has 23 heavy (non-hydrogen) atoms. The summed E-state index contributed by atoms with van der Waals surface area (Å²) >= 11 is 0. The van der Waals surface area contributed by atoms with Crippen LogP contribution >= 0.6 is 0 Å². The Kier molecular flexibility index (Phi) is 2.72. The Labute approximate surface area is 143 Å². The van der Waals surface area contributed by atoms with Crippen LogP contribution in [0.1, 0.15) is 52.9 Å². The molecule has 2 aliphatic rings. The Morgan fingerprint density at radius 3 is 2.70 bits per heavy atom. The lowest BCUT2D eigenvalue weighted by Gasteiger charge is -2.32. The zero-order valence-corrected chi connectivity index (χ0v) is 14.0. The lowest BCUT2D eigenvalue weighted by molar-refractivity contribution is -0.660. The summed E-state index contributed by atoms with van der Waals surface area (Å²) in [5, 5.41) is 0. The van der Waals surface area contributed by atoms with E-state index >= 15 is 0 Å². The third-order valence-corrected chi connectivity index (χ3v) is 5.43. The van der Waals surface area contributed by atoms with Gasteiger partial charge in [0.2, 0.25) is 5.69 Å². The number of rotatable bonds is 1. The van der Waals surface area contributed by atoms with E-state index in [1.807, 2.05) is 17.7 Å². The van der Waals surface area contributed by atoms with Crippen molar-refractivity contribution in [1.82, 2.24) is 0 Å². The average Bonchev–Trinajstić information content (AvgIpc) is 2.93. The molecule has 0 bridgehead atoms. The summed E-state index contributed by atoms with van der Waals surface area (Å²) in [5.74, 6) is 1.00. The van der Waals surface area contributed by atoms with Crippen LogP contribution < -0.4 is 9.30 Å². The molecular weight excluding hydrogens is 282 g/mol. The van der Waals surface area contributed by atoms with Crippen molar-refractivity contribution >= 4 is 0 Å². The van der Waals surface area contributed by atoms with Gasteiger partial charge >= 0.3 is 0 Å². The highest BCUT2D eigenvalue weighted by molar-refractivity contribution is 5.72. The van der Waals surface area contributed by atoms with Gasteiger partial charge in [0.15, 0.2) is 6.20 Å². The first-order chi connectivity index (χ1) is 12.3. The maximum absolute atomic E-state index is 7.63. The van der Waals surface area contributed by atoms with E-state index in [9.17, 15) is 0 Å². The number of benzene rings is 1. The summed E-state index contributed by atoms with van der Waals surface area (Å²) in [5.41, 5.74) is 4.88. The Bertz CT molecular complexity index is 851. The Hall–Kier alpha value is -1.83. The van der Waals surface area contributed by atoms with Crippen LogP contribution in [0.15, 0.2) is 30.5 Å². The topological polar surface area (TPSA) is 13.1 Å². The van der Waals surface area contributed by atoms with E-state index in [1.54, 1.807) is 12.3 Å². The van der Waals surface area contributed by atoms with E-state index in [0.717, 1.165) is 41.8 Å². The molecule has 0 unspecified atom stereocenters. The summed E-state index contributed by atoms with van der Waals surface area (Å²) in [6, 6.07) is 8.00. The van der Waals surface area contributed by atoms with Gasteiger partial charge in [0.1, 0.15) is 18.4 Å². The molecule has 2 heteroatoms. The molecular formula is C21H26NO+. The Morgan fingerprint density at radius 1 is 1.13 bits per heavy atom. The largest absolute Gasteiger partial charge is 0.486 e. The SMILES string of the molecule is [2H]C([2H])([2H])c1ccc(-c2c(C)ccc3c2OC2(CCCCC2)C3)[n+](C)c1. The highest BCUT2D eigenvalue weighted by Gasteiger charge is 2.42. The molecule has 1 spiro atoms.